The first-order valence-corrected chi connectivity index (χ1v) is 10.2. The van der Waals surface area contributed by atoms with Crippen molar-refractivity contribution in [3.8, 4) is 11.3 Å². The summed E-state index contributed by atoms with van der Waals surface area (Å²) >= 11 is 6.12. The first kappa shape index (κ1) is 17.0. The van der Waals surface area contributed by atoms with Crippen LogP contribution in [0.4, 0.5) is 5.82 Å². The Balaban J connectivity index is 1.40. The van der Waals surface area contributed by atoms with E-state index in [4.69, 9.17) is 16.6 Å². The molecule has 1 aliphatic carbocycles. The summed E-state index contributed by atoms with van der Waals surface area (Å²) in [5, 5.41) is 8.17. The molecule has 2 aromatic heterocycles. The molecule has 3 heterocycles. The molecule has 0 radical (unpaired) electrons. The number of nitrogens with zero attached hydrogens (tertiary/aromatic N) is 4. The van der Waals surface area contributed by atoms with Gasteiger partial charge in [0, 0.05) is 23.7 Å². The van der Waals surface area contributed by atoms with Crippen molar-refractivity contribution >= 4 is 28.6 Å². The summed E-state index contributed by atoms with van der Waals surface area (Å²) < 4.78 is 0. The molecule has 0 bridgehead atoms. The molecule has 5 rings (SSSR count). The van der Waals surface area contributed by atoms with Crippen LogP contribution >= 0.6 is 11.6 Å². The highest BCUT2D eigenvalue weighted by molar-refractivity contribution is 6.30. The molecule has 1 aliphatic heterocycles. The zero-order valence-corrected chi connectivity index (χ0v) is 16.3. The fourth-order valence-corrected chi connectivity index (χ4v) is 5.21. The minimum absolute atomic E-state index is 0.570. The Hall–Kier alpha value is -2.14. The molecule has 5 nitrogen and oxygen atoms in total. The fourth-order valence-electron chi connectivity index (χ4n) is 5.02. The molecule has 140 valence electrons. The third kappa shape index (κ3) is 2.89. The van der Waals surface area contributed by atoms with Gasteiger partial charge in [0.1, 0.15) is 11.3 Å². The maximum absolute atomic E-state index is 6.12. The minimum Gasteiger partial charge on any atom is -0.355 e. The highest BCUT2D eigenvalue weighted by Crippen LogP contribution is 2.50. The Morgan fingerprint density at radius 2 is 2.07 bits per heavy atom. The lowest BCUT2D eigenvalue weighted by Crippen LogP contribution is -2.41. The van der Waals surface area contributed by atoms with Gasteiger partial charge in [-0.2, -0.15) is 5.10 Å². The van der Waals surface area contributed by atoms with Crippen LogP contribution in [0.1, 0.15) is 39.0 Å². The number of hydrogen-bond acceptors (Lipinski definition) is 4. The SMILES string of the molecule is C[C@@H]1CCCC12CCN(c1cnc3c(-c4cccc(Cl)c4)[nH]nc3n1)CC2. The first-order chi connectivity index (χ1) is 13.1. The van der Waals surface area contributed by atoms with Crippen molar-refractivity contribution in [2.45, 2.75) is 39.0 Å². The molecule has 3 aromatic rings. The van der Waals surface area contributed by atoms with E-state index < -0.39 is 0 Å². The summed E-state index contributed by atoms with van der Waals surface area (Å²) in [4.78, 5) is 11.8. The van der Waals surface area contributed by atoms with Crippen LogP contribution in [0.15, 0.2) is 30.5 Å². The van der Waals surface area contributed by atoms with E-state index in [1.807, 2.05) is 30.5 Å². The van der Waals surface area contributed by atoms with E-state index in [2.05, 4.69) is 27.0 Å². The second-order valence-corrected chi connectivity index (χ2v) is 8.59. The van der Waals surface area contributed by atoms with Gasteiger partial charge in [-0.05, 0) is 42.7 Å². The molecule has 0 amide bonds. The lowest BCUT2D eigenvalue weighted by atomic mass is 9.71. The highest BCUT2D eigenvalue weighted by atomic mass is 35.5. The van der Waals surface area contributed by atoms with Gasteiger partial charge in [0.2, 0.25) is 5.65 Å². The van der Waals surface area contributed by atoms with Crippen LogP contribution in [0.25, 0.3) is 22.4 Å². The van der Waals surface area contributed by atoms with Crippen LogP contribution in [0.5, 0.6) is 0 Å². The van der Waals surface area contributed by atoms with Crippen molar-refractivity contribution in [2.75, 3.05) is 18.0 Å². The van der Waals surface area contributed by atoms with Crippen molar-refractivity contribution in [3.05, 3.63) is 35.5 Å². The number of halogens is 1. The largest absolute Gasteiger partial charge is 0.355 e. The zero-order chi connectivity index (χ0) is 18.4. The maximum atomic E-state index is 6.12. The zero-order valence-electron chi connectivity index (χ0n) is 15.6. The van der Waals surface area contributed by atoms with Crippen LogP contribution in [0.2, 0.25) is 5.02 Å². The van der Waals surface area contributed by atoms with Crippen LogP contribution in [0.3, 0.4) is 0 Å². The number of hydrogen-bond donors (Lipinski definition) is 1. The molecule has 27 heavy (non-hydrogen) atoms. The van der Waals surface area contributed by atoms with E-state index >= 15 is 0 Å². The topological polar surface area (TPSA) is 57.7 Å². The smallest absolute Gasteiger partial charge is 0.202 e. The number of piperidine rings is 1. The number of aromatic nitrogens is 4. The van der Waals surface area contributed by atoms with Crippen molar-refractivity contribution in [1.29, 1.82) is 0 Å². The first-order valence-electron chi connectivity index (χ1n) is 9.87. The van der Waals surface area contributed by atoms with Crippen molar-refractivity contribution in [2.24, 2.45) is 11.3 Å². The van der Waals surface area contributed by atoms with Gasteiger partial charge >= 0.3 is 0 Å². The normalized spacial score (nSPS) is 22.0. The van der Waals surface area contributed by atoms with E-state index in [-0.39, 0.29) is 0 Å². The molecule has 1 aromatic carbocycles. The summed E-state index contributed by atoms with van der Waals surface area (Å²) in [7, 11) is 0. The van der Waals surface area contributed by atoms with E-state index in [0.29, 0.717) is 16.1 Å². The second-order valence-electron chi connectivity index (χ2n) is 8.15. The number of nitrogens with one attached hydrogen (secondary N) is 1. The van der Waals surface area contributed by atoms with Crippen molar-refractivity contribution < 1.29 is 0 Å². The molecule has 2 aliphatic rings. The molecule has 2 fully saturated rings. The van der Waals surface area contributed by atoms with E-state index in [1.165, 1.54) is 32.1 Å². The van der Waals surface area contributed by atoms with E-state index in [0.717, 1.165) is 41.6 Å². The van der Waals surface area contributed by atoms with Crippen LogP contribution in [-0.4, -0.2) is 33.3 Å². The number of fused-ring (bicyclic) bond motifs is 1. The second kappa shape index (κ2) is 6.48. The Kier molecular flexibility index (Phi) is 4.08. The summed E-state index contributed by atoms with van der Waals surface area (Å²) in [6.45, 7) is 4.57. The molecule has 1 spiro atoms. The Labute approximate surface area is 164 Å². The number of anilines is 1. The molecular formula is C21H24ClN5. The highest BCUT2D eigenvalue weighted by Gasteiger charge is 2.42. The quantitative estimate of drug-likeness (QED) is 0.672. The van der Waals surface area contributed by atoms with E-state index in [1.54, 1.807) is 0 Å². The summed E-state index contributed by atoms with van der Waals surface area (Å²) in [6.07, 6.45) is 8.61. The van der Waals surface area contributed by atoms with Gasteiger partial charge in [0.15, 0.2) is 0 Å². The van der Waals surface area contributed by atoms with Gasteiger partial charge < -0.3 is 4.90 Å². The van der Waals surface area contributed by atoms with Crippen molar-refractivity contribution in [1.82, 2.24) is 20.2 Å². The third-order valence-electron chi connectivity index (χ3n) is 6.81. The molecular weight excluding hydrogens is 358 g/mol. The standard InChI is InChI=1S/C21H24ClN5/c1-14-4-3-7-21(14)8-10-27(11-9-21)17-13-23-19-18(25-26-20(19)24-17)15-5-2-6-16(22)12-15/h2,5-6,12-14H,3-4,7-11H2,1H3,(H,24,25,26)/t14-/m1/s1. The van der Waals surface area contributed by atoms with E-state index in [9.17, 15) is 0 Å². The number of rotatable bonds is 2. The average molecular weight is 382 g/mol. The summed E-state index contributed by atoms with van der Waals surface area (Å²) in [5.74, 6) is 1.80. The fraction of sp³-hybridized carbons (Fsp3) is 0.476. The minimum atomic E-state index is 0.570. The average Bonchev–Trinajstić information content (AvgIpc) is 3.26. The van der Waals surface area contributed by atoms with Gasteiger partial charge in [-0.3, -0.25) is 5.10 Å². The summed E-state index contributed by atoms with van der Waals surface area (Å²) in [6, 6.07) is 7.71. The predicted octanol–water partition coefficient (Wildman–Crippen LogP) is 5.08. The van der Waals surface area contributed by atoms with Crippen LogP contribution < -0.4 is 4.90 Å². The van der Waals surface area contributed by atoms with Crippen LogP contribution in [0, 0.1) is 11.3 Å². The number of H-pyrrole nitrogens is 1. The molecule has 0 unspecified atom stereocenters. The van der Waals surface area contributed by atoms with Gasteiger partial charge in [-0.15, -0.1) is 0 Å². The van der Waals surface area contributed by atoms with Crippen LogP contribution in [-0.2, 0) is 0 Å². The molecule has 6 heteroatoms. The lowest BCUT2D eigenvalue weighted by molar-refractivity contribution is 0.161. The predicted molar refractivity (Wildman–Crippen MR) is 109 cm³/mol. The molecule has 1 atom stereocenters. The Bertz CT molecular complexity index is 974. The molecule has 1 saturated heterocycles. The summed E-state index contributed by atoms with van der Waals surface area (Å²) in [5.41, 5.74) is 3.86. The van der Waals surface area contributed by atoms with Gasteiger partial charge in [-0.1, -0.05) is 43.5 Å². The maximum Gasteiger partial charge on any atom is 0.202 e. The van der Waals surface area contributed by atoms with Gasteiger partial charge in [-0.25, -0.2) is 9.97 Å². The monoisotopic (exact) mass is 381 g/mol. The Morgan fingerprint density at radius 1 is 1.22 bits per heavy atom. The van der Waals surface area contributed by atoms with Gasteiger partial charge in [0.05, 0.1) is 11.9 Å². The Morgan fingerprint density at radius 3 is 2.81 bits per heavy atom. The van der Waals surface area contributed by atoms with Gasteiger partial charge in [0.25, 0.3) is 0 Å². The number of benzene rings is 1. The lowest BCUT2D eigenvalue weighted by Gasteiger charge is -2.42. The van der Waals surface area contributed by atoms with Crippen molar-refractivity contribution in [3.63, 3.8) is 0 Å². The molecule has 1 saturated carbocycles. The molecule has 1 N–H and O–H groups in total. The number of aromatic amines is 1. The third-order valence-corrected chi connectivity index (χ3v) is 7.04.